The Balaban J connectivity index is 3.98. The highest BCUT2D eigenvalue weighted by Crippen LogP contribution is 2.38. The Morgan fingerprint density at radius 2 is 1.30 bits per heavy atom. The number of hydrogen-bond donors (Lipinski definition) is 0. The molecule has 0 aliphatic rings. The van der Waals surface area contributed by atoms with Gasteiger partial charge in [-0.25, -0.2) is 0 Å². The smallest absolute Gasteiger partial charge is 0.311 e. The number of halogens is 1. The average molecular weight is 449 g/mol. The van der Waals surface area contributed by atoms with Gasteiger partial charge in [0.05, 0.1) is 24.5 Å². The zero-order valence-electron chi connectivity index (χ0n) is 18.2. The molecule has 0 radical (unpaired) electrons. The summed E-state index contributed by atoms with van der Waals surface area (Å²) in [5.41, 5.74) is -1.36. The monoisotopic (exact) mass is 448 g/mol. The van der Waals surface area contributed by atoms with Crippen molar-refractivity contribution in [2.75, 3.05) is 19.0 Å². The first-order valence-electron chi connectivity index (χ1n) is 10.5. The molecule has 0 aliphatic carbocycles. The highest BCUT2D eigenvalue weighted by atomic mass is 79.9. The largest absolute Gasteiger partial charge is 0.469 e. The van der Waals surface area contributed by atoms with Gasteiger partial charge in [-0.1, -0.05) is 67.8 Å². The normalized spacial score (nSPS) is 13.9. The molecule has 0 rings (SSSR count). The van der Waals surface area contributed by atoms with Crippen LogP contribution in [0.15, 0.2) is 0 Å². The van der Waals surface area contributed by atoms with E-state index >= 15 is 0 Å². The van der Waals surface area contributed by atoms with Crippen molar-refractivity contribution in [3.05, 3.63) is 0 Å². The maximum atomic E-state index is 12.5. The molecule has 0 N–H and O–H groups in total. The van der Waals surface area contributed by atoms with E-state index in [9.17, 15) is 9.59 Å². The Labute approximate surface area is 175 Å². The molecule has 27 heavy (non-hydrogen) atoms. The molecule has 5 heteroatoms. The zero-order chi connectivity index (χ0) is 20.8. The minimum absolute atomic E-state index is 0.224. The quantitative estimate of drug-likeness (QED) is 0.155. The Morgan fingerprint density at radius 1 is 0.815 bits per heavy atom. The fourth-order valence-corrected chi connectivity index (χ4v) is 3.83. The van der Waals surface area contributed by atoms with Crippen molar-refractivity contribution in [2.24, 2.45) is 10.8 Å². The summed E-state index contributed by atoms with van der Waals surface area (Å²) in [5.74, 6) is -0.490. The molecule has 0 bridgehead atoms. The van der Waals surface area contributed by atoms with Gasteiger partial charge in [0.25, 0.3) is 0 Å². The van der Waals surface area contributed by atoms with E-state index in [4.69, 9.17) is 9.47 Å². The van der Waals surface area contributed by atoms with Gasteiger partial charge in [-0.05, 0) is 46.5 Å². The minimum atomic E-state index is -0.700. The van der Waals surface area contributed by atoms with Crippen LogP contribution < -0.4 is 0 Å². The first-order chi connectivity index (χ1) is 12.7. The van der Waals surface area contributed by atoms with Crippen LogP contribution >= 0.6 is 15.9 Å². The van der Waals surface area contributed by atoms with Crippen molar-refractivity contribution in [1.82, 2.24) is 0 Å². The average Bonchev–Trinajstić information content (AvgIpc) is 2.64. The predicted molar refractivity (Wildman–Crippen MR) is 115 cm³/mol. The molecule has 160 valence electrons. The minimum Gasteiger partial charge on any atom is -0.469 e. The third kappa shape index (κ3) is 11.1. The number of alkyl halides is 1. The second kappa shape index (κ2) is 14.4. The maximum Gasteiger partial charge on any atom is 0.311 e. The molecule has 0 fully saturated rings. The first kappa shape index (κ1) is 26.4. The topological polar surface area (TPSA) is 52.6 Å². The number of unbranched alkanes of at least 4 members (excludes halogenated alkanes) is 8. The summed E-state index contributed by atoms with van der Waals surface area (Å²) in [5, 5.41) is 1.11. The highest BCUT2D eigenvalue weighted by Gasteiger charge is 2.42. The number of hydrogen-bond acceptors (Lipinski definition) is 4. The van der Waals surface area contributed by atoms with E-state index in [2.05, 4.69) is 15.9 Å². The molecule has 0 aromatic carbocycles. The van der Waals surface area contributed by atoms with Crippen molar-refractivity contribution in [1.29, 1.82) is 0 Å². The summed E-state index contributed by atoms with van der Waals surface area (Å²) in [7, 11) is 1.39. The summed E-state index contributed by atoms with van der Waals surface area (Å²) in [4.78, 5) is 24.5. The third-order valence-corrected chi connectivity index (χ3v) is 5.92. The van der Waals surface area contributed by atoms with Crippen LogP contribution in [0.2, 0.25) is 0 Å². The third-order valence-electron chi connectivity index (χ3n) is 5.35. The van der Waals surface area contributed by atoms with Crippen molar-refractivity contribution < 1.29 is 19.1 Å². The molecule has 0 aromatic rings. The van der Waals surface area contributed by atoms with Gasteiger partial charge in [-0.3, -0.25) is 9.59 Å². The fourth-order valence-electron chi connectivity index (χ4n) is 3.43. The molecule has 4 nitrogen and oxygen atoms in total. The Kier molecular flexibility index (Phi) is 14.1. The second-order valence-corrected chi connectivity index (χ2v) is 9.27. The van der Waals surface area contributed by atoms with Gasteiger partial charge >= 0.3 is 11.9 Å². The summed E-state index contributed by atoms with van der Waals surface area (Å²) in [6, 6.07) is 0. The fraction of sp³-hybridized carbons (Fsp3) is 0.909. The Morgan fingerprint density at radius 3 is 1.74 bits per heavy atom. The molecular weight excluding hydrogens is 408 g/mol. The van der Waals surface area contributed by atoms with Crippen molar-refractivity contribution in [3.63, 3.8) is 0 Å². The molecule has 0 aliphatic heterocycles. The lowest BCUT2D eigenvalue weighted by atomic mass is 9.72. The second-order valence-electron chi connectivity index (χ2n) is 8.47. The first-order valence-corrected chi connectivity index (χ1v) is 11.7. The van der Waals surface area contributed by atoms with Crippen LogP contribution in [0.5, 0.6) is 0 Å². The van der Waals surface area contributed by atoms with Gasteiger partial charge in [-0.2, -0.15) is 0 Å². The number of carbonyl (C=O) groups is 2. The predicted octanol–water partition coefficient (Wildman–Crippen LogP) is 6.44. The summed E-state index contributed by atoms with van der Waals surface area (Å²) >= 11 is 3.46. The van der Waals surface area contributed by atoms with Gasteiger partial charge in [-0.15, -0.1) is 0 Å². The number of rotatable bonds is 16. The summed E-state index contributed by atoms with van der Waals surface area (Å²) < 4.78 is 10.4. The molecule has 0 aromatic heterocycles. The lowest BCUT2D eigenvalue weighted by molar-refractivity contribution is -0.161. The lowest BCUT2D eigenvalue weighted by Gasteiger charge is -2.33. The van der Waals surface area contributed by atoms with Crippen LogP contribution in [-0.2, 0) is 19.1 Å². The van der Waals surface area contributed by atoms with Gasteiger partial charge < -0.3 is 9.47 Å². The molecular formula is C22H41BrO4. The standard InChI is InChI=1S/C22H41BrO4/c1-6-22(4,20(25)26-5)18-21(2,3)19(24)27-17-15-13-11-9-7-8-10-12-14-16-23/h6-18H2,1-5H3. The Bertz CT molecular complexity index is 423. The van der Waals surface area contributed by atoms with E-state index in [0.717, 1.165) is 18.2 Å². The van der Waals surface area contributed by atoms with E-state index in [1.807, 2.05) is 27.7 Å². The van der Waals surface area contributed by atoms with Crippen molar-refractivity contribution in [2.45, 2.75) is 98.3 Å². The van der Waals surface area contributed by atoms with Crippen LogP contribution in [0.1, 0.15) is 98.3 Å². The van der Waals surface area contributed by atoms with Gasteiger partial charge in [0.2, 0.25) is 0 Å². The highest BCUT2D eigenvalue weighted by molar-refractivity contribution is 9.09. The molecule has 0 heterocycles. The van der Waals surface area contributed by atoms with Crippen molar-refractivity contribution in [3.8, 4) is 0 Å². The maximum absolute atomic E-state index is 12.5. The van der Waals surface area contributed by atoms with Crippen LogP contribution in [-0.4, -0.2) is 31.0 Å². The molecule has 0 amide bonds. The van der Waals surface area contributed by atoms with E-state index in [-0.39, 0.29) is 11.9 Å². The summed E-state index contributed by atoms with van der Waals surface area (Å²) in [6.07, 6.45) is 12.1. The van der Waals surface area contributed by atoms with Crippen LogP contribution in [0.3, 0.4) is 0 Å². The molecule has 1 atom stereocenters. The van der Waals surface area contributed by atoms with Gasteiger partial charge in [0.15, 0.2) is 0 Å². The van der Waals surface area contributed by atoms with Crippen molar-refractivity contribution >= 4 is 27.9 Å². The van der Waals surface area contributed by atoms with Crippen LogP contribution in [0.4, 0.5) is 0 Å². The Hall–Kier alpha value is -0.580. The molecule has 0 spiro atoms. The van der Waals surface area contributed by atoms with Gasteiger partial charge in [0.1, 0.15) is 0 Å². The molecule has 0 saturated carbocycles. The number of ether oxygens (including phenoxy) is 2. The van der Waals surface area contributed by atoms with E-state index in [1.165, 1.54) is 52.1 Å². The number of esters is 2. The molecule has 0 saturated heterocycles. The van der Waals surface area contributed by atoms with E-state index < -0.39 is 10.8 Å². The van der Waals surface area contributed by atoms with E-state index in [1.54, 1.807) is 0 Å². The molecule has 1 unspecified atom stereocenters. The van der Waals surface area contributed by atoms with Crippen LogP contribution in [0.25, 0.3) is 0 Å². The van der Waals surface area contributed by atoms with E-state index in [0.29, 0.717) is 19.4 Å². The number of carbonyl (C=O) groups excluding carboxylic acids is 2. The SMILES string of the molecule is CCC(C)(CC(C)(C)C(=O)OCCCCCCCCCCCBr)C(=O)OC. The van der Waals surface area contributed by atoms with Gasteiger partial charge in [0, 0.05) is 5.33 Å². The van der Waals surface area contributed by atoms with Crippen LogP contribution in [0, 0.1) is 10.8 Å². The summed E-state index contributed by atoms with van der Waals surface area (Å²) in [6.45, 7) is 7.96. The number of methoxy groups -OCH3 is 1. The lowest BCUT2D eigenvalue weighted by Crippen LogP contribution is -2.38. The zero-order valence-corrected chi connectivity index (χ0v) is 19.8.